The fourth-order valence-corrected chi connectivity index (χ4v) is 3.45. The second kappa shape index (κ2) is 7.81. The van der Waals surface area contributed by atoms with Crippen molar-refractivity contribution in [3.05, 3.63) is 29.8 Å². The number of aryl methyl sites for hydroxylation is 1. The number of rotatable bonds is 7. The molecule has 0 saturated carbocycles. The van der Waals surface area contributed by atoms with Gasteiger partial charge in [0.25, 0.3) is 0 Å². The van der Waals surface area contributed by atoms with Gasteiger partial charge in [0.2, 0.25) is 15.9 Å². The Kier molecular flexibility index (Phi) is 6.62. The molecule has 6 heteroatoms. The van der Waals surface area contributed by atoms with Gasteiger partial charge in [0, 0.05) is 6.04 Å². The van der Waals surface area contributed by atoms with Crippen molar-refractivity contribution in [3.63, 3.8) is 0 Å². The summed E-state index contributed by atoms with van der Waals surface area (Å²) in [5.41, 5.74) is 1.55. The minimum atomic E-state index is -3.57. The molecule has 0 saturated heterocycles. The summed E-state index contributed by atoms with van der Waals surface area (Å²) in [6.07, 6.45) is 1.53. The summed E-state index contributed by atoms with van der Waals surface area (Å²) in [6, 6.07) is 6.38. The number of nitrogens with one attached hydrogen (secondary N) is 1. The summed E-state index contributed by atoms with van der Waals surface area (Å²) >= 11 is 0. The van der Waals surface area contributed by atoms with E-state index in [1.807, 2.05) is 46.8 Å². The minimum Gasteiger partial charge on any atom is -0.352 e. The molecule has 0 spiro atoms. The normalized spacial score (nSPS) is 14.4. The maximum absolute atomic E-state index is 12.6. The van der Waals surface area contributed by atoms with Gasteiger partial charge in [-0.2, -0.15) is 0 Å². The first-order valence-corrected chi connectivity index (χ1v) is 9.79. The molecule has 2 atom stereocenters. The lowest BCUT2D eigenvalue weighted by molar-refractivity contribution is -0.123. The Labute approximate surface area is 140 Å². The first-order chi connectivity index (χ1) is 10.6. The van der Waals surface area contributed by atoms with Gasteiger partial charge in [-0.25, -0.2) is 8.42 Å². The van der Waals surface area contributed by atoms with Crippen molar-refractivity contribution in [2.75, 3.05) is 10.6 Å². The summed E-state index contributed by atoms with van der Waals surface area (Å²) < 4.78 is 25.8. The third kappa shape index (κ3) is 5.23. The molecular formula is C17H28N2O3S. The molecule has 0 heterocycles. The molecule has 0 aromatic heterocycles. The zero-order valence-electron chi connectivity index (χ0n) is 14.8. The molecule has 0 bridgehead atoms. The van der Waals surface area contributed by atoms with E-state index in [0.29, 0.717) is 12.1 Å². The van der Waals surface area contributed by atoms with Crippen LogP contribution in [0.15, 0.2) is 24.3 Å². The number of carbonyl (C=O) groups excluding carboxylic acids is 1. The van der Waals surface area contributed by atoms with E-state index in [1.54, 1.807) is 12.1 Å². The van der Waals surface area contributed by atoms with Gasteiger partial charge in [-0.05, 0) is 38.3 Å². The highest BCUT2D eigenvalue weighted by atomic mass is 32.2. The van der Waals surface area contributed by atoms with Crippen molar-refractivity contribution < 1.29 is 13.2 Å². The van der Waals surface area contributed by atoms with Crippen molar-refractivity contribution in [3.8, 4) is 0 Å². The topological polar surface area (TPSA) is 66.5 Å². The molecule has 0 aliphatic rings. The number of benzene rings is 1. The van der Waals surface area contributed by atoms with Crippen molar-refractivity contribution >= 4 is 21.6 Å². The van der Waals surface area contributed by atoms with Crippen LogP contribution in [0.1, 0.15) is 39.7 Å². The van der Waals surface area contributed by atoms with Crippen LogP contribution in [-0.4, -0.2) is 32.7 Å². The molecule has 0 fully saturated rings. The molecule has 1 N–H and O–H groups in total. The fourth-order valence-electron chi connectivity index (χ4n) is 2.24. The van der Waals surface area contributed by atoms with Gasteiger partial charge >= 0.3 is 0 Å². The van der Waals surface area contributed by atoms with Crippen LogP contribution in [0.4, 0.5) is 5.69 Å². The minimum absolute atomic E-state index is 0.0176. The predicted molar refractivity (Wildman–Crippen MR) is 95.0 cm³/mol. The third-order valence-electron chi connectivity index (χ3n) is 3.99. The largest absolute Gasteiger partial charge is 0.352 e. The van der Waals surface area contributed by atoms with Crippen LogP contribution in [0.3, 0.4) is 0 Å². The number of hydrogen-bond acceptors (Lipinski definition) is 3. The zero-order chi connectivity index (χ0) is 17.8. The van der Waals surface area contributed by atoms with Crippen LogP contribution in [-0.2, 0) is 14.8 Å². The summed E-state index contributed by atoms with van der Waals surface area (Å²) in [5.74, 6) is 0.0159. The van der Waals surface area contributed by atoms with Gasteiger partial charge in [-0.15, -0.1) is 0 Å². The highest BCUT2D eigenvalue weighted by Crippen LogP contribution is 2.23. The van der Waals surface area contributed by atoms with Crippen molar-refractivity contribution in [2.24, 2.45) is 5.92 Å². The molecule has 1 aromatic rings. The average Bonchev–Trinajstić information content (AvgIpc) is 2.44. The number of anilines is 1. The van der Waals surface area contributed by atoms with Gasteiger partial charge in [-0.3, -0.25) is 9.10 Å². The molecule has 0 unspecified atom stereocenters. The molecule has 23 heavy (non-hydrogen) atoms. The second-order valence-electron chi connectivity index (χ2n) is 6.36. The van der Waals surface area contributed by atoms with Gasteiger partial charge in [0.15, 0.2) is 0 Å². The van der Waals surface area contributed by atoms with E-state index in [4.69, 9.17) is 0 Å². The molecular weight excluding hydrogens is 312 g/mol. The van der Waals surface area contributed by atoms with Gasteiger partial charge in [0.1, 0.15) is 6.04 Å². The fraction of sp³-hybridized carbons (Fsp3) is 0.588. The highest BCUT2D eigenvalue weighted by molar-refractivity contribution is 7.92. The Balaban J connectivity index is 3.18. The van der Waals surface area contributed by atoms with E-state index in [1.165, 1.54) is 4.31 Å². The Hall–Kier alpha value is -1.56. The van der Waals surface area contributed by atoms with Crippen LogP contribution < -0.4 is 9.62 Å². The molecule has 1 amide bonds. The monoisotopic (exact) mass is 340 g/mol. The quantitative estimate of drug-likeness (QED) is 0.830. The van der Waals surface area contributed by atoms with Gasteiger partial charge in [0.05, 0.1) is 11.9 Å². The summed E-state index contributed by atoms with van der Waals surface area (Å²) in [7, 11) is -3.57. The van der Waals surface area contributed by atoms with E-state index >= 15 is 0 Å². The third-order valence-corrected chi connectivity index (χ3v) is 5.17. The molecule has 0 aliphatic carbocycles. The highest BCUT2D eigenvalue weighted by Gasteiger charge is 2.32. The summed E-state index contributed by atoms with van der Waals surface area (Å²) in [6.45, 7) is 9.70. The van der Waals surface area contributed by atoms with Crippen LogP contribution in [0.2, 0.25) is 0 Å². The number of hydrogen-bond donors (Lipinski definition) is 1. The Morgan fingerprint density at radius 1 is 1.17 bits per heavy atom. The Morgan fingerprint density at radius 2 is 1.70 bits per heavy atom. The van der Waals surface area contributed by atoms with Crippen molar-refractivity contribution in [1.29, 1.82) is 0 Å². The number of amides is 1. The second-order valence-corrected chi connectivity index (χ2v) is 8.22. The number of nitrogens with zero attached hydrogens (tertiary/aromatic N) is 1. The lowest BCUT2D eigenvalue weighted by Gasteiger charge is -2.31. The SMILES string of the molecule is CC[C@H](C(=O)N[C@@H](C)C(C)C)N(c1ccc(C)cc1)S(C)(=O)=O. The Morgan fingerprint density at radius 3 is 2.09 bits per heavy atom. The molecule has 0 aliphatic heterocycles. The summed E-state index contributed by atoms with van der Waals surface area (Å²) in [5, 5.41) is 2.92. The first-order valence-electron chi connectivity index (χ1n) is 7.94. The van der Waals surface area contributed by atoms with E-state index in [-0.39, 0.29) is 17.9 Å². The number of carbonyl (C=O) groups is 1. The van der Waals surface area contributed by atoms with E-state index < -0.39 is 16.1 Å². The zero-order valence-corrected chi connectivity index (χ0v) is 15.6. The van der Waals surface area contributed by atoms with Crippen molar-refractivity contribution in [2.45, 2.75) is 53.1 Å². The average molecular weight is 340 g/mol. The maximum atomic E-state index is 12.6. The first kappa shape index (κ1) is 19.5. The van der Waals surface area contributed by atoms with Crippen LogP contribution in [0, 0.1) is 12.8 Å². The standard InChI is InChI=1S/C17H28N2O3S/c1-7-16(17(20)18-14(5)12(2)3)19(23(6,21)22)15-10-8-13(4)9-11-15/h8-12,14,16H,7H2,1-6H3,(H,18,20)/t14-,16+/m0/s1. The van der Waals surface area contributed by atoms with Gasteiger partial charge < -0.3 is 5.32 Å². The smallest absolute Gasteiger partial charge is 0.244 e. The lowest BCUT2D eigenvalue weighted by atomic mass is 10.1. The molecule has 1 rings (SSSR count). The van der Waals surface area contributed by atoms with Gasteiger partial charge in [-0.1, -0.05) is 38.5 Å². The molecule has 130 valence electrons. The lowest BCUT2D eigenvalue weighted by Crippen LogP contribution is -2.51. The van der Waals surface area contributed by atoms with E-state index in [2.05, 4.69) is 5.32 Å². The number of sulfonamides is 1. The van der Waals surface area contributed by atoms with E-state index in [9.17, 15) is 13.2 Å². The van der Waals surface area contributed by atoms with Crippen LogP contribution >= 0.6 is 0 Å². The molecule has 1 aromatic carbocycles. The molecule has 0 radical (unpaired) electrons. The van der Waals surface area contributed by atoms with E-state index in [0.717, 1.165) is 11.8 Å². The van der Waals surface area contributed by atoms with Crippen molar-refractivity contribution in [1.82, 2.24) is 5.32 Å². The van der Waals surface area contributed by atoms with Crippen LogP contribution in [0.25, 0.3) is 0 Å². The summed E-state index contributed by atoms with van der Waals surface area (Å²) in [4.78, 5) is 12.6. The predicted octanol–water partition coefficient (Wildman–Crippen LogP) is 2.70. The maximum Gasteiger partial charge on any atom is 0.244 e. The molecule has 5 nitrogen and oxygen atoms in total. The Bertz CT molecular complexity index is 624. The van der Waals surface area contributed by atoms with Crippen LogP contribution in [0.5, 0.6) is 0 Å².